The summed E-state index contributed by atoms with van der Waals surface area (Å²) in [6, 6.07) is 17.6. The highest BCUT2D eigenvalue weighted by atomic mass is 79.9. The average molecular weight is 292 g/mol. The van der Waals surface area contributed by atoms with Crippen LogP contribution in [0.5, 0.6) is 5.75 Å². The molecule has 0 aromatic heterocycles. The van der Waals surface area contributed by atoms with Gasteiger partial charge in [-0.25, -0.2) is 0 Å². The summed E-state index contributed by atoms with van der Waals surface area (Å²) < 4.78 is 6.67. The molecule has 0 spiro atoms. The molecule has 88 valence electrons. The quantitative estimate of drug-likeness (QED) is 0.935. The normalized spacial score (nSPS) is 12.1. The average Bonchev–Trinajstić information content (AvgIpc) is 2.38. The fourth-order valence-corrected chi connectivity index (χ4v) is 1.77. The van der Waals surface area contributed by atoms with Crippen molar-refractivity contribution in [3.63, 3.8) is 0 Å². The molecule has 0 amide bonds. The topological polar surface area (TPSA) is 35.2 Å². The summed E-state index contributed by atoms with van der Waals surface area (Å²) in [7, 11) is 0. The van der Waals surface area contributed by atoms with Crippen LogP contribution in [-0.2, 0) is 0 Å². The van der Waals surface area contributed by atoms with Crippen LogP contribution in [0.25, 0.3) is 0 Å². The highest BCUT2D eigenvalue weighted by Crippen LogP contribution is 2.17. The van der Waals surface area contributed by atoms with Crippen LogP contribution in [0.15, 0.2) is 59.1 Å². The van der Waals surface area contributed by atoms with Crippen LogP contribution in [0.2, 0.25) is 0 Å². The van der Waals surface area contributed by atoms with E-state index in [1.54, 1.807) is 0 Å². The maximum absolute atomic E-state index is 6.05. The Morgan fingerprint density at radius 1 is 1.00 bits per heavy atom. The van der Waals surface area contributed by atoms with Gasteiger partial charge in [-0.1, -0.05) is 46.3 Å². The Kier molecular flexibility index (Phi) is 4.18. The number of hydrogen-bond acceptors (Lipinski definition) is 2. The Morgan fingerprint density at radius 3 is 2.29 bits per heavy atom. The second-order valence-electron chi connectivity index (χ2n) is 3.78. The molecule has 0 saturated heterocycles. The third kappa shape index (κ3) is 3.58. The second kappa shape index (κ2) is 5.84. The minimum absolute atomic E-state index is 0.108. The first-order valence-corrected chi connectivity index (χ1v) is 6.24. The predicted molar refractivity (Wildman–Crippen MR) is 73.0 cm³/mol. The van der Waals surface area contributed by atoms with Crippen LogP contribution >= 0.6 is 15.9 Å². The molecule has 2 rings (SSSR count). The molecule has 0 bridgehead atoms. The summed E-state index contributed by atoms with van der Waals surface area (Å²) in [5.41, 5.74) is 7.13. The van der Waals surface area contributed by atoms with E-state index >= 15 is 0 Å². The predicted octanol–water partition coefficient (Wildman–Crippen LogP) is 3.53. The van der Waals surface area contributed by atoms with Gasteiger partial charge in [-0.15, -0.1) is 0 Å². The van der Waals surface area contributed by atoms with Gasteiger partial charge in [0, 0.05) is 4.47 Å². The van der Waals surface area contributed by atoms with Crippen molar-refractivity contribution in [1.82, 2.24) is 0 Å². The summed E-state index contributed by atoms with van der Waals surface area (Å²) >= 11 is 3.40. The van der Waals surface area contributed by atoms with E-state index in [1.165, 1.54) is 0 Å². The number of nitrogens with two attached hydrogens (primary N) is 1. The summed E-state index contributed by atoms with van der Waals surface area (Å²) in [5, 5.41) is 0. The maximum atomic E-state index is 6.05. The highest BCUT2D eigenvalue weighted by molar-refractivity contribution is 9.10. The van der Waals surface area contributed by atoms with Gasteiger partial charge >= 0.3 is 0 Å². The number of rotatable bonds is 4. The smallest absolute Gasteiger partial charge is 0.119 e. The van der Waals surface area contributed by atoms with Gasteiger partial charge in [0.1, 0.15) is 12.4 Å². The fourth-order valence-electron chi connectivity index (χ4n) is 1.51. The van der Waals surface area contributed by atoms with Gasteiger partial charge in [0.15, 0.2) is 0 Å². The van der Waals surface area contributed by atoms with E-state index in [-0.39, 0.29) is 6.04 Å². The Labute approximate surface area is 110 Å². The van der Waals surface area contributed by atoms with Crippen LogP contribution < -0.4 is 10.5 Å². The molecule has 0 aliphatic heterocycles. The summed E-state index contributed by atoms with van der Waals surface area (Å²) in [6.07, 6.45) is 0. The molecule has 2 aromatic carbocycles. The van der Waals surface area contributed by atoms with E-state index in [9.17, 15) is 0 Å². The van der Waals surface area contributed by atoms with Crippen LogP contribution in [0, 0.1) is 0 Å². The lowest BCUT2D eigenvalue weighted by atomic mass is 10.1. The Morgan fingerprint density at radius 2 is 1.65 bits per heavy atom. The molecule has 1 unspecified atom stereocenters. The molecule has 0 aliphatic rings. The minimum Gasteiger partial charge on any atom is -0.492 e. The van der Waals surface area contributed by atoms with Gasteiger partial charge in [-0.05, 0) is 29.8 Å². The molecule has 2 aromatic rings. The Balaban J connectivity index is 1.93. The summed E-state index contributed by atoms with van der Waals surface area (Å²) in [5.74, 6) is 0.847. The number of halogens is 1. The highest BCUT2D eigenvalue weighted by Gasteiger charge is 2.06. The van der Waals surface area contributed by atoms with Gasteiger partial charge in [0.05, 0.1) is 6.04 Å². The monoisotopic (exact) mass is 291 g/mol. The Hall–Kier alpha value is -1.32. The first kappa shape index (κ1) is 12.1. The van der Waals surface area contributed by atoms with Crippen molar-refractivity contribution in [2.75, 3.05) is 6.61 Å². The van der Waals surface area contributed by atoms with E-state index in [0.717, 1.165) is 15.8 Å². The molecule has 0 heterocycles. The molecule has 2 N–H and O–H groups in total. The van der Waals surface area contributed by atoms with Crippen LogP contribution in [0.3, 0.4) is 0 Å². The largest absolute Gasteiger partial charge is 0.492 e. The third-order valence-electron chi connectivity index (χ3n) is 2.47. The SMILES string of the molecule is NC(COc1ccccc1)c1ccc(Br)cc1. The Bertz CT molecular complexity index is 455. The number of benzene rings is 2. The number of ether oxygens (including phenoxy) is 1. The van der Waals surface area contributed by atoms with E-state index in [0.29, 0.717) is 6.61 Å². The van der Waals surface area contributed by atoms with Gasteiger partial charge < -0.3 is 10.5 Å². The zero-order chi connectivity index (χ0) is 12.1. The minimum atomic E-state index is -0.108. The third-order valence-corrected chi connectivity index (χ3v) is 3.00. The van der Waals surface area contributed by atoms with Gasteiger partial charge in [-0.3, -0.25) is 0 Å². The van der Waals surface area contributed by atoms with Gasteiger partial charge in [0.25, 0.3) is 0 Å². The van der Waals surface area contributed by atoms with Crippen LogP contribution in [-0.4, -0.2) is 6.61 Å². The van der Waals surface area contributed by atoms with Crippen molar-refractivity contribution in [2.45, 2.75) is 6.04 Å². The van der Waals surface area contributed by atoms with E-state index < -0.39 is 0 Å². The molecule has 1 atom stereocenters. The summed E-state index contributed by atoms with van der Waals surface area (Å²) in [6.45, 7) is 0.478. The molecule has 3 heteroatoms. The van der Waals surface area contributed by atoms with Gasteiger partial charge in [-0.2, -0.15) is 0 Å². The number of para-hydroxylation sites is 1. The van der Waals surface area contributed by atoms with Crippen molar-refractivity contribution in [2.24, 2.45) is 5.73 Å². The zero-order valence-corrected chi connectivity index (χ0v) is 10.9. The van der Waals surface area contributed by atoms with Crippen molar-refractivity contribution in [3.8, 4) is 5.75 Å². The van der Waals surface area contributed by atoms with Crippen molar-refractivity contribution in [3.05, 3.63) is 64.6 Å². The molecular formula is C14H14BrNO. The van der Waals surface area contributed by atoms with Gasteiger partial charge in [0.2, 0.25) is 0 Å². The first-order chi connectivity index (χ1) is 8.25. The molecule has 0 aliphatic carbocycles. The molecule has 0 fully saturated rings. The fraction of sp³-hybridized carbons (Fsp3) is 0.143. The second-order valence-corrected chi connectivity index (χ2v) is 4.70. The van der Waals surface area contributed by atoms with Crippen LogP contribution in [0.4, 0.5) is 0 Å². The van der Waals surface area contributed by atoms with Crippen molar-refractivity contribution < 1.29 is 4.74 Å². The zero-order valence-electron chi connectivity index (χ0n) is 9.34. The molecule has 0 saturated carbocycles. The first-order valence-electron chi connectivity index (χ1n) is 5.44. The van der Waals surface area contributed by atoms with Crippen molar-refractivity contribution in [1.29, 1.82) is 0 Å². The van der Waals surface area contributed by atoms with E-state index in [2.05, 4.69) is 15.9 Å². The maximum Gasteiger partial charge on any atom is 0.119 e. The van der Waals surface area contributed by atoms with E-state index in [1.807, 2.05) is 54.6 Å². The van der Waals surface area contributed by atoms with Crippen LogP contribution in [0.1, 0.15) is 11.6 Å². The lowest BCUT2D eigenvalue weighted by Gasteiger charge is -2.13. The standard InChI is InChI=1S/C14H14BrNO/c15-12-8-6-11(7-9-12)14(16)10-17-13-4-2-1-3-5-13/h1-9,14H,10,16H2. The lowest BCUT2D eigenvalue weighted by Crippen LogP contribution is -2.18. The molecule has 0 radical (unpaired) electrons. The number of hydrogen-bond donors (Lipinski definition) is 1. The lowest BCUT2D eigenvalue weighted by molar-refractivity contribution is 0.290. The summed E-state index contributed by atoms with van der Waals surface area (Å²) in [4.78, 5) is 0. The van der Waals surface area contributed by atoms with E-state index in [4.69, 9.17) is 10.5 Å². The van der Waals surface area contributed by atoms with Crippen molar-refractivity contribution >= 4 is 15.9 Å². The molecular weight excluding hydrogens is 278 g/mol. The molecule has 17 heavy (non-hydrogen) atoms. The molecule has 2 nitrogen and oxygen atoms in total.